The van der Waals surface area contributed by atoms with E-state index in [-0.39, 0.29) is 18.7 Å². The maximum absolute atomic E-state index is 10.8. The maximum atomic E-state index is 10.8. The van der Waals surface area contributed by atoms with Gasteiger partial charge in [0.25, 0.3) is 0 Å². The topological polar surface area (TPSA) is 54.5 Å². The van der Waals surface area contributed by atoms with Crippen molar-refractivity contribution in [1.29, 1.82) is 0 Å². The molecule has 0 aromatic carbocycles. The maximum Gasteiger partial charge on any atom is 0.210 e. The Bertz CT molecular complexity index is 232. The molecule has 0 saturated carbocycles. The molecule has 0 N–H and O–H groups in total. The molecule has 0 bridgehead atoms. The Morgan fingerprint density at radius 3 is 2.18 bits per heavy atom. The van der Waals surface area contributed by atoms with Crippen LogP contribution in [-0.4, -0.2) is 38.4 Å². The van der Waals surface area contributed by atoms with Gasteiger partial charge in [0.15, 0.2) is 0 Å². The van der Waals surface area contributed by atoms with Crippen LogP contribution in [0.1, 0.15) is 13.3 Å². The van der Waals surface area contributed by atoms with Gasteiger partial charge in [-0.1, -0.05) is 0 Å². The molecule has 0 fully saturated rings. The summed E-state index contributed by atoms with van der Waals surface area (Å²) in [5.74, 6) is 0.000463. The van der Waals surface area contributed by atoms with Crippen molar-refractivity contribution in [1.82, 2.24) is 4.31 Å². The van der Waals surface area contributed by atoms with Crippen LogP contribution in [-0.2, 0) is 14.8 Å². The van der Waals surface area contributed by atoms with Gasteiger partial charge in [0.05, 0.1) is 6.26 Å². The molecule has 11 heavy (non-hydrogen) atoms. The summed E-state index contributed by atoms with van der Waals surface area (Å²) in [6, 6.07) is 0. The minimum atomic E-state index is -3.12. The number of hydrogen-bond donors (Lipinski definition) is 0. The van der Waals surface area contributed by atoms with Gasteiger partial charge in [-0.25, -0.2) is 12.7 Å². The Kier molecular flexibility index (Phi) is 3.68. The van der Waals surface area contributed by atoms with E-state index in [0.717, 1.165) is 10.6 Å². The van der Waals surface area contributed by atoms with E-state index in [2.05, 4.69) is 0 Å². The first-order chi connectivity index (χ1) is 4.84. The summed E-state index contributed by atoms with van der Waals surface area (Å²) in [5.41, 5.74) is 0. The first-order valence-corrected chi connectivity index (χ1v) is 5.09. The van der Waals surface area contributed by atoms with E-state index in [1.807, 2.05) is 0 Å². The van der Waals surface area contributed by atoms with Crippen LogP contribution in [0.5, 0.6) is 0 Å². The first kappa shape index (κ1) is 10.6. The monoisotopic (exact) mass is 179 g/mol. The van der Waals surface area contributed by atoms with Crippen molar-refractivity contribution in [2.75, 3.05) is 19.8 Å². The summed E-state index contributed by atoms with van der Waals surface area (Å²) >= 11 is 0. The van der Waals surface area contributed by atoms with Gasteiger partial charge in [0, 0.05) is 20.0 Å². The standard InChI is InChI=1S/C6H13NO3S/c1-6(8)4-5-7(2)11(3,9)10/h4-5H2,1-3H3. The van der Waals surface area contributed by atoms with Crippen LogP contribution in [0.25, 0.3) is 0 Å². The second-order valence-corrected chi connectivity index (χ2v) is 4.63. The molecule has 0 rings (SSSR count). The number of hydrogen-bond acceptors (Lipinski definition) is 3. The van der Waals surface area contributed by atoms with E-state index in [0.29, 0.717) is 0 Å². The van der Waals surface area contributed by atoms with Crippen molar-refractivity contribution in [3.05, 3.63) is 0 Å². The highest BCUT2D eigenvalue weighted by Gasteiger charge is 2.10. The highest BCUT2D eigenvalue weighted by atomic mass is 32.2. The molecular weight excluding hydrogens is 166 g/mol. The summed E-state index contributed by atoms with van der Waals surface area (Å²) < 4.78 is 22.7. The van der Waals surface area contributed by atoms with Gasteiger partial charge in [-0.15, -0.1) is 0 Å². The zero-order chi connectivity index (χ0) is 9.07. The van der Waals surface area contributed by atoms with Crippen molar-refractivity contribution >= 4 is 15.8 Å². The Morgan fingerprint density at radius 1 is 1.45 bits per heavy atom. The van der Waals surface area contributed by atoms with Crippen LogP contribution >= 0.6 is 0 Å². The molecule has 0 atom stereocenters. The third kappa shape index (κ3) is 4.92. The number of ketones is 1. The molecule has 0 aliphatic heterocycles. The summed E-state index contributed by atoms with van der Waals surface area (Å²) in [6.07, 6.45) is 1.40. The molecule has 0 amide bonds. The average molecular weight is 179 g/mol. The molecule has 0 spiro atoms. The fourth-order valence-electron chi connectivity index (χ4n) is 0.481. The molecule has 0 saturated heterocycles. The summed E-state index contributed by atoms with van der Waals surface area (Å²) in [4.78, 5) is 10.5. The molecule has 0 aromatic heterocycles. The van der Waals surface area contributed by atoms with Crippen LogP contribution in [0.3, 0.4) is 0 Å². The van der Waals surface area contributed by atoms with Crippen LogP contribution in [0.15, 0.2) is 0 Å². The number of Topliss-reactive ketones (excluding diaryl/α,β-unsaturated/α-hetero) is 1. The Balaban J connectivity index is 3.90. The second-order valence-electron chi connectivity index (χ2n) is 2.54. The zero-order valence-electron chi connectivity index (χ0n) is 6.99. The fraction of sp³-hybridized carbons (Fsp3) is 0.833. The van der Waals surface area contributed by atoms with E-state index >= 15 is 0 Å². The lowest BCUT2D eigenvalue weighted by Gasteiger charge is -2.11. The number of carbonyl (C=O) groups excluding carboxylic acids is 1. The normalized spacial score (nSPS) is 12.0. The van der Waals surface area contributed by atoms with E-state index in [4.69, 9.17) is 0 Å². The molecule has 0 radical (unpaired) electrons. The lowest BCUT2D eigenvalue weighted by atomic mass is 10.3. The third-order valence-electron chi connectivity index (χ3n) is 1.34. The highest BCUT2D eigenvalue weighted by Crippen LogP contribution is 1.94. The van der Waals surface area contributed by atoms with Crippen LogP contribution in [0, 0.1) is 0 Å². The van der Waals surface area contributed by atoms with Gasteiger partial charge in [-0.2, -0.15) is 0 Å². The highest BCUT2D eigenvalue weighted by molar-refractivity contribution is 7.88. The van der Waals surface area contributed by atoms with Crippen molar-refractivity contribution in [2.24, 2.45) is 0 Å². The fourth-order valence-corrected chi connectivity index (χ4v) is 0.904. The Labute approximate surface area is 67.2 Å². The predicted octanol–water partition coefficient (Wildman–Crippen LogP) is -0.143. The van der Waals surface area contributed by atoms with Gasteiger partial charge >= 0.3 is 0 Å². The van der Waals surface area contributed by atoms with E-state index in [1.54, 1.807) is 0 Å². The molecular formula is C6H13NO3S. The molecule has 0 aliphatic rings. The van der Waals surface area contributed by atoms with Gasteiger partial charge in [0.2, 0.25) is 10.0 Å². The molecule has 0 unspecified atom stereocenters. The molecule has 0 aromatic rings. The van der Waals surface area contributed by atoms with E-state index < -0.39 is 10.0 Å². The molecule has 5 heteroatoms. The minimum Gasteiger partial charge on any atom is -0.300 e. The van der Waals surface area contributed by atoms with E-state index in [1.165, 1.54) is 14.0 Å². The SMILES string of the molecule is CC(=O)CCN(C)S(C)(=O)=O. The first-order valence-electron chi connectivity index (χ1n) is 3.25. The third-order valence-corrected chi connectivity index (χ3v) is 2.66. The lowest BCUT2D eigenvalue weighted by molar-refractivity contribution is -0.117. The second kappa shape index (κ2) is 3.82. The summed E-state index contributed by atoms with van der Waals surface area (Å²) in [5, 5.41) is 0. The van der Waals surface area contributed by atoms with Crippen molar-refractivity contribution in [3.63, 3.8) is 0 Å². The largest absolute Gasteiger partial charge is 0.300 e. The molecule has 66 valence electrons. The van der Waals surface area contributed by atoms with Gasteiger partial charge < -0.3 is 0 Å². The van der Waals surface area contributed by atoms with Crippen molar-refractivity contribution in [3.8, 4) is 0 Å². The molecule has 4 nitrogen and oxygen atoms in total. The van der Waals surface area contributed by atoms with Crippen LogP contribution < -0.4 is 0 Å². The quantitative estimate of drug-likeness (QED) is 0.603. The minimum absolute atomic E-state index is 0.000463. The zero-order valence-corrected chi connectivity index (χ0v) is 7.81. The van der Waals surface area contributed by atoms with Gasteiger partial charge in [-0.3, -0.25) is 4.79 Å². The number of nitrogens with zero attached hydrogens (tertiary/aromatic N) is 1. The molecule has 0 aliphatic carbocycles. The number of carbonyl (C=O) groups is 1. The predicted molar refractivity (Wildman–Crippen MR) is 42.8 cm³/mol. The van der Waals surface area contributed by atoms with Crippen LogP contribution in [0.2, 0.25) is 0 Å². The lowest BCUT2D eigenvalue weighted by Crippen LogP contribution is -2.27. The number of sulfonamides is 1. The van der Waals surface area contributed by atoms with Crippen LogP contribution in [0.4, 0.5) is 0 Å². The Hall–Kier alpha value is -0.420. The Morgan fingerprint density at radius 2 is 1.91 bits per heavy atom. The summed E-state index contributed by atoms with van der Waals surface area (Å²) in [7, 11) is -1.66. The molecule has 0 heterocycles. The van der Waals surface area contributed by atoms with Crippen molar-refractivity contribution in [2.45, 2.75) is 13.3 Å². The number of rotatable bonds is 4. The average Bonchev–Trinajstić information content (AvgIpc) is 1.80. The smallest absolute Gasteiger partial charge is 0.210 e. The van der Waals surface area contributed by atoms with Crippen molar-refractivity contribution < 1.29 is 13.2 Å². The van der Waals surface area contributed by atoms with E-state index in [9.17, 15) is 13.2 Å². The van der Waals surface area contributed by atoms with Gasteiger partial charge in [-0.05, 0) is 6.92 Å². The summed E-state index contributed by atoms with van der Waals surface area (Å²) in [6.45, 7) is 1.71. The van der Waals surface area contributed by atoms with Gasteiger partial charge in [0.1, 0.15) is 5.78 Å².